The topological polar surface area (TPSA) is 93.1 Å². The van der Waals surface area contributed by atoms with Crippen LogP contribution in [0.5, 0.6) is 0 Å². The normalized spacial score (nSPS) is 15.2. The Morgan fingerprint density at radius 1 is 0.966 bits per heavy atom. The van der Waals surface area contributed by atoms with E-state index in [1.807, 2.05) is 24.3 Å². The van der Waals surface area contributed by atoms with E-state index >= 15 is 0 Å². The number of aliphatic hydroxyl groups is 1. The van der Waals surface area contributed by atoms with Gasteiger partial charge >= 0.3 is 5.97 Å². The van der Waals surface area contributed by atoms with Crippen LogP contribution >= 0.6 is 0 Å². The zero-order valence-electron chi connectivity index (χ0n) is 16.1. The van der Waals surface area contributed by atoms with Crippen molar-refractivity contribution in [3.05, 3.63) is 66.2 Å². The first kappa shape index (κ1) is 20.6. The molecular formula is C22H25N3O4. The molecule has 0 aliphatic carbocycles. The number of hydrogen-bond donors (Lipinski definition) is 3. The fourth-order valence-corrected chi connectivity index (χ4v) is 3.32. The first-order valence-corrected chi connectivity index (χ1v) is 9.56. The van der Waals surface area contributed by atoms with Crippen LogP contribution in [-0.2, 0) is 9.59 Å². The quantitative estimate of drug-likeness (QED) is 0.620. The number of aliphatic carboxylic acids is 1. The molecule has 1 aliphatic rings. The number of carbonyl (C=O) groups excluding carboxylic acids is 1. The third-order valence-corrected chi connectivity index (χ3v) is 4.88. The van der Waals surface area contributed by atoms with Crippen LogP contribution in [-0.4, -0.2) is 66.3 Å². The number of carboxylic acids is 1. The van der Waals surface area contributed by atoms with Gasteiger partial charge < -0.3 is 20.4 Å². The van der Waals surface area contributed by atoms with Crippen LogP contribution in [0.1, 0.15) is 5.56 Å². The summed E-state index contributed by atoms with van der Waals surface area (Å²) in [6, 6.07) is 16.1. The zero-order valence-corrected chi connectivity index (χ0v) is 16.1. The molecule has 1 heterocycles. The molecule has 2 aromatic rings. The van der Waals surface area contributed by atoms with Crippen LogP contribution in [0.3, 0.4) is 0 Å². The number of hydrogen-bond acceptors (Lipinski definition) is 5. The van der Waals surface area contributed by atoms with E-state index in [1.54, 1.807) is 30.3 Å². The number of nitrogens with zero attached hydrogens (tertiary/aromatic N) is 2. The Morgan fingerprint density at radius 3 is 2.21 bits per heavy atom. The van der Waals surface area contributed by atoms with Crippen molar-refractivity contribution in [2.45, 2.75) is 0 Å². The Hall–Kier alpha value is -3.16. The van der Waals surface area contributed by atoms with Crippen molar-refractivity contribution in [2.75, 3.05) is 49.5 Å². The van der Waals surface area contributed by atoms with Gasteiger partial charge in [0.1, 0.15) is 0 Å². The van der Waals surface area contributed by atoms with Crippen molar-refractivity contribution in [2.24, 2.45) is 0 Å². The molecule has 1 amide bonds. The molecular weight excluding hydrogens is 370 g/mol. The molecule has 3 N–H and O–H groups in total. The molecule has 0 unspecified atom stereocenters. The van der Waals surface area contributed by atoms with Gasteiger partial charge in [0.05, 0.1) is 12.2 Å². The molecule has 0 aromatic heterocycles. The molecule has 2 aromatic carbocycles. The van der Waals surface area contributed by atoms with Crippen LogP contribution in [0.4, 0.5) is 11.4 Å². The molecule has 0 radical (unpaired) electrons. The second-order valence-corrected chi connectivity index (χ2v) is 6.82. The van der Waals surface area contributed by atoms with E-state index in [0.29, 0.717) is 17.8 Å². The lowest BCUT2D eigenvalue weighted by molar-refractivity contribution is -0.130. The second-order valence-electron chi connectivity index (χ2n) is 6.82. The van der Waals surface area contributed by atoms with Crippen molar-refractivity contribution in [1.29, 1.82) is 0 Å². The molecule has 152 valence electrons. The second kappa shape index (κ2) is 9.86. The van der Waals surface area contributed by atoms with Crippen LogP contribution < -0.4 is 10.2 Å². The fourth-order valence-electron chi connectivity index (χ4n) is 3.32. The number of anilines is 2. The molecule has 29 heavy (non-hydrogen) atoms. The van der Waals surface area contributed by atoms with Crippen molar-refractivity contribution in [1.82, 2.24) is 4.90 Å². The number of aliphatic hydroxyl groups excluding tert-OH is 1. The van der Waals surface area contributed by atoms with Crippen molar-refractivity contribution >= 4 is 28.8 Å². The van der Waals surface area contributed by atoms with E-state index in [4.69, 9.17) is 5.11 Å². The van der Waals surface area contributed by atoms with E-state index < -0.39 is 11.9 Å². The average Bonchev–Trinajstić information content (AvgIpc) is 2.74. The highest BCUT2D eigenvalue weighted by Gasteiger charge is 2.17. The van der Waals surface area contributed by atoms with Gasteiger partial charge in [0, 0.05) is 50.2 Å². The van der Waals surface area contributed by atoms with Gasteiger partial charge in [-0.15, -0.1) is 0 Å². The molecule has 1 fully saturated rings. The first-order chi connectivity index (χ1) is 14.1. The molecule has 0 bridgehead atoms. The van der Waals surface area contributed by atoms with Crippen molar-refractivity contribution < 1.29 is 19.8 Å². The average molecular weight is 395 g/mol. The van der Waals surface area contributed by atoms with Crippen molar-refractivity contribution in [3.8, 4) is 0 Å². The van der Waals surface area contributed by atoms with E-state index in [2.05, 4.69) is 15.1 Å². The molecule has 1 saturated heterocycles. The lowest BCUT2D eigenvalue weighted by Crippen LogP contribution is -2.47. The highest BCUT2D eigenvalue weighted by atomic mass is 16.4. The number of piperazine rings is 1. The predicted octanol–water partition coefficient (Wildman–Crippen LogP) is 1.91. The van der Waals surface area contributed by atoms with Gasteiger partial charge in [-0.2, -0.15) is 0 Å². The summed E-state index contributed by atoms with van der Waals surface area (Å²) >= 11 is 0. The summed E-state index contributed by atoms with van der Waals surface area (Å²) in [4.78, 5) is 28.3. The number of carboxylic acid groups (broad SMARTS) is 1. The summed E-state index contributed by atoms with van der Waals surface area (Å²) in [7, 11) is 0. The van der Waals surface area contributed by atoms with E-state index in [1.165, 1.54) is 0 Å². The lowest BCUT2D eigenvalue weighted by Gasteiger charge is -2.35. The maximum Gasteiger partial charge on any atom is 0.336 e. The molecule has 7 nitrogen and oxygen atoms in total. The van der Waals surface area contributed by atoms with Gasteiger partial charge in [-0.05, 0) is 29.8 Å². The Kier molecular flexibility index (Phi) is 6.99. The van der Waals surface area contributed by atoms with E-state index in [0.717, 1.165) is 37.9 Å². The van der Waals surface area contributed by atoms with Crippen LogP contribution in [0, 0.1) is 0 Å². The van der Waals surface area contributed by atoms with Gasteiger partial charge in [0.2, 0.25) is 5.91 Å². The number of benzene rings is 2. The third kappa shape index (κ3) is 5.66. The Morgan fingerprint density at radius 2 is 1.62 bits per heavy atom. The Bertz CT molecular complexity index is 857. The number of amides is 1. The summed E-state index contributed by atoms with van der Waals surface area (Å²) in [5.74, 6) is -1.64. The molecule has 1 aliphatic heterocycles. The van der Waals surface area contributed by atoms with Crippen LogP contribution in [0.2, 0.25) is 0 Å². The largest absolute Gasteiger partial charge is 0.478 e. The van der Waals surface area contributed by atoms with Gasteiger partial charge in [-0.25, -0.2) is 4.79 Å². The van der Waals surface area contributed by atoms with Crippen LogP contribution in [0.25, 0.3) is 5.57 Å². The molecule has 0 spiro atoms. The maximum atomic E-state index is 12.3. The SMILES string of the molecule is O=C(/C=C(\C(=O)O)c1ccccc1)Nc1ccc(N2CCN(CCO)CC2)cc1. The van der Waals surface area contributed by atoms with Gasteiger partial charge in [0.15, 0.2) is 0 Å². The third-order valence-electron chi connectivity index (χ3n) is 4.88. The summed E-state index contributed by atoms with van der Waals surface area (Å²) in [5, 5.41) is 21.1. The minimum atomic E-state index is -1.15. The predicted molar refractivity (Wildman–Crippen MR) is 113 cm³/mol. The number of β-amino-alcohol motifs (C(OH)–C–C–N with tert-alkyl or cyclic N) is 1. The molecule has 3 rings (SSSR count). The number of rotatable bonds is 7. The fraction of sp³-hybridized carbons (Fsp3) is 0.273. The van der Waals surface area contributed by atoms with Gasteiger partial charge in [-0.3, -0.25) is 9.69 Å². The van der Waals surface area contributed by atoms with Gasteiger partial charge in [-0.1, -0.05) is 30.3 Å². The summed E-state index contributed by atoms with van der Waals surface area (Å²) in [5.41, 5.74) is 2.09. The number of carbonyl (C=O) groups is 2. The molecule has 7 heteroatoms. The zero-order chi connectivity index (χ0) is 20.6. The Labute approximate surface area is 169 Å². The first-order valence-electron chi connectivity index (χ1n) is 9.56. The standard InChI is InChI=1S/C22H25N3O4/c26-15-14-24-10-12-25(13-11-24)19-8-6-18(7-9-19)23-21(27)16-20(22(28)29)17-4-2-1-3-5-17/h1-9,16,26H,10-15H2,(H,23,27)(H,28,29)/b20-16-. The highest BCUT2D eigenvalue weighted by molar-refractivity contribution is 6.21. The Balaban J connectivity index is 1.62. The maximum absolute atomic E-state index is 12.3. The minimum Gasteiger partial charge on any atom is -0.478 e. The summed E-state index contributed by atoms with van der Waals surface area (Å²) < 4.78 is 0. The smallest absolute Gasteiger partial charge is 0.336 e. The van der Waals surface area contributed by atoms with E-state index in [-0.39, 0.29) is 12.2 Å². The summed E-state index contributed by atoms with van der Waals surface area (Å²) in [6.45, 7) is 4.45. The highest BCUT2D eigenvalue weighted by Crippen LogP contribution is 2.20. The minimum absolute atomic E-state index is 0.0551. The van der Waals surface area contributed by atoms with Crippen molar-refractivity contribution in [3.63, 3.8) is 0 Å². The summed E-state index contributed by atoms with van der Waals surface area (Å²) in [6.07, 6.45) is 1.10. The van der Waals surface area contributed by atoms with E-state index in [9.17, 15) is 14.7 Å². The molecule has 0 atom stereocenters. The van der Waals surface area contributed by atoms with Gasteiger partial charge in [0.25, 0.3) is 0 Å². The number of nitrogens with one attached hydrogen (secondary N) is 1. The lowest BCUT2D eigenvalue weighted by atomic mass is 10.1. The molecule has 0 saturated carbocycles. The van der Waals surface area contributed by atoms with Crippen LogP contribution in [0.15, 0.2) is 60.7 Å². The monoisotopic (exact) mass is 395 g/mol.